The highest BCUT2D eigenvalue weighted by Crippen LogP contribution is 2.26. The number of hydrogen-bond acceptors (Lipinski definition) is 2. The smallest absolute Gasteiger partial charge is 0.00960 e. The van der Waals surface area contributed by atoms with Crippen molar-refractivity contribution in [2.45, 2.75) is 77.8 Å². The summed E-state index contributed by atoms with van der Waals surface area (Å²) in [5, 5.41) is 3.48. The Hall–Kier alpha value is -0.0800. The lowest BCUT2D eigenvalue weighted by Crippen LogP contribution is -2.35. The predicted octanol–water partition coefficient (Wildman–Crippen LogP) is 3.42. The Bertz CT molecular complexity index is 182. The van der Waals surface area contributed by atoms with Gasteiger partial charge in [-0.2, -0.15) is 0 Å². The molecule has 0 aliphatic carbocycles. The molecule has 1 rings (SSSR count). The summed E-state index contributed by atoms with van der Waals surface area (Å²) < 4.78 is 0. The van der Waals surface area contributed by atoms with Crippen molar-refractivity contribution >= 4 is 0 Å². The molecule has 0 bridgehead atoms. The maximum Gasteiger partial charge on any atom is 0.00960 e. The molecule has 1 aliphatic heterocycles. The van der Waals surface area contributed by atoms with Gasteiger partial charge < -0.3 is 5.32 Å². The summed E-state index contributed by atoms with van der Waals surface area (Å²) in [5.74, 6) is 0. The first-order valence-corrected chi connectivity index (χ1v) is 7.76. The van der Waals surface area contributed by atoms with Crippen molar-refractivity contribution in [3.05, 3.63) is 0 Å². The van der Waals surface area contributed by atoms with E-state index in [1.807, 2.05) is 0 Å². The van der Waals surface area contributed by atoms with E-state index in [-0.39, 0.29) is 0 Å². The van der Waals surface area contributed by atoms with Gasteiger partial charge in [0.05, 0.1) is 0 Å². The molecule has 2 heteroatoms. The van der Waals surface area contributed by atoms with E-state index >= 15 is 0 Å². The van der Waals surface area contributed by atoms with Crippen LogP contribution in [0.25, 0.3) is 0 Å². The van der Waals surface area contributed by atoms with E-state index in [2.05, 4.69) is 31.0 Å². The van der Waals surface area contributed by atoms with Crippen molar-refractivity contribution in [3.63, 3.8) is 0 Å². The average Bonchev–Trinajstić information content (AvgIpc) is 2.69. The Morgan fingerprint density at radius 1 is 1.06 bits per heavy atom. The summed E-state index contributed by atoms with van der Waals surface area (Å²) in [6.07, 6.45) is 9.54. The second kappa shape index (κ2) is 8.93. The standard InChI is InChI=1S/C15H32N2/c1-4-11-16-12-7-6-8-13-17-14(3)9-10-15(17)5-2/h14-16H,4-13H2,1-3H3. The van der Waals surface area contributed by atoms with Crippen LogP contribution in [0.2, 0.25) is 0 Å². The fourth-order valence-corrected chi connectivity index (χ4v) is 2.99. The zero-order valence-electron chi connectivity index (χ0n) is 12.2. The Morgan fingerprint density at radius 3 is 2.59 bits per heavy atom. The van der Waals surface area contributed by atoms with Crippen molar-refractivity contribution in [1.82, 2.24) is 10.2 Å². The minimum absolute atomic E-state index is 0.832. The number of nitrogens with zero attached hydrogens (tertiary/aromatic N) is 1. The van der Waals surface area contributed by atoms with E-state index in [0.29, 0.717) is 0 Å². The monoisotopic (exact) mass is 240 g/mol. The molecule has 1 aliphatic rings. The Labute approximate surface area is 108 Å². The van der Waals surface area contributed by atoms with Gasteiger partial charge in [0.15, 0.2) is 0 Å². The van der Waals surface area contributed by atoms with E-state index in [0.717, 1.165) is 12.1 Å². The van der Waals surface area contributed by atoms with Crippen molar-refractivity contribution in [2.75, 3.05) is 19.6 Å². The largest absolute Gasteiger partial charge is 0.317 e. The summed E-state index contributed by atoms with van der Waals surface area (Å²) >= 11 is 0. The molecule has 0 aromatic carbocycles. The highest BCUT2D eigenvalue weighted by atomic mass is 15.2. The summed E-state index contributed by atoms with van der Waals surface area (Å²) in [5.41, 5.74) is 0. The van der Waals surface area contributed by atoms with Gasteiger partial charge in [0.1, 0.15) is 0 Å². The second-order valence-corrected chi connectivity index (χ2v) is 5.54. The third-order valence-corrected chi connectivity index (χ3v) is 4.12. The Balaban J connectivity index is 2.01. The first kappa shape index (κ1) is 15.0. The van der Waals surface area contributed by atoms with Crippen LogP contribution >= 0.6 is 0 Å². The molecule has 0 spiro atoms. The van der Waals surface area contributed by atoms with Gasteiger partial charge in [0.25, 0.3) is 0 Å². The third kappa shape index (κ3) is 5.39. The molecule has 2 nitrogen and oxygen atoms in total. The van der Waals surface area contributed by atoms with Gasteiger partial charge in [-0.3, -0.25) is 4.90 Å². The molecule has 0 radical (unpaired) electrons. The molecule has 2 atom stereocenters. The molecule has 1 saturated heterocycles. The summed E-state index contributed by atoms with van der Waals surface area (Å²) in [6, 6.07) is 1.71. The predicted molar refractivity (Wildman–Crippen MR) is 76.5 cm³/mol. The fourth-order valence-electron chi connectivity index (χ4n) is 2.99. The van der Waals surface area contributed by atoms with Crippen LogP contribution in [0.15, 0.2) is 0 Å². The number of unbranched alkanes of at least 4 members (excludes halogenated alkanes) is 2. The lowest BCUT2D eigenvalue weighted by molar-refractivity contribution is 0.194. The summed E-state index contributed by atoms with van der Waals surface area (Å²) in [7, 11) is 0. The van der Waals surface area contributed by atoms with E-state index in [9.17, 15) is 0 Å². The summed E-state index contributed by atoms with van der Waals surface area (Å²) in [4.78, 5) is 2.75. The van der Waals surface area contributed by atoms with Crippen LogP contribution in [0.4, 0.5) is 0 Å². The van der Waals surface area contributed by atoms with Gasteiger partial charge in [-0.15, -0.1) is 0 Å². The van der Waals surface area contributed by atoms with E-state index in [1.54, 1.807) is 0 Å². The molecule has 0 amide bonds. The maximum atomic E-state index is 3.48. The van der Waals surface area contributed by atoms with E-state index < -0.39 is 0 Å². The maximum absolute atomic E-state index is 3.48. The topological polar surface area (TPSA) is 15.3 Å². The van der Waals surface area contributed by atoms with Crippen molar-refractivity contribution in [2.24, 2.45) is 0 Å². The van der Waals surface area contributed by atoms with Crippen LogP contribution in [0, 0.1) is 0 Å². The Morgan fingerprint density at radius 2 is 1.88 bits per heavy atom. The number of rotatable bonds is 9. The molecule has 0 saturated carbocycles. The molecular formula is C15H32N2. The Kier molecular flexibility index (Phi) is 7.87. The van der Waals surface area contributed by atoms with Gasteiger partial charge in [-0.25, -0.2) is 0 Å². The van der Waals surface area contributed by atoms with Gasteiger partial charge in [-0.1, -0.05) is 20.3 Å². The van der Waals surface area contributed by atoms with Crippen LogP contribution in [-0.2, 0) is 0 Å². The highest BCUT2D eigenvalue weighted by Gasteiger charge is 2.28. The van der Waals surface area contributed by atoms with Gasteiger partial charge in [-0.05, 0) is 65.1 Å². The number of likely N-dealkylation sites (tertiary alicyclic amines) is 1. The zero-order valence-corrected chi connectivity index (χ0v) is 12.2. The lowest BCUT2D eigenvalue weighted by Gasteiger charge is -2.27. The van der Waals surface area contributed by atoms with Crippen LogP contribution in [0.1, 0.15) is 65.7 Å². The van der Waals surface area contributed by atoms with Gasteiger partial charge in [0.2, 0.25) is 0 Å². The first-order chi connectivity index (χ1) is 8.29. The molecule has 1 N–H and O–H groups in total. The van der Waals surface area contributed by atoms with Crippen molar-refractivity contribution < 1.29 is 0 Å². The molecule has 17 heavy (non-hydrogen) atoms. The van der Waals surface area contributed by atoms with Crippen LogP contribution in [-0.4, -0.2) is 36.6 Å². The molecule has 1 heterocycles. The second-order valence-electron chi connectivity index (χ2n) is 5.54. The van der Waals surface area contributed by atoms with Crippen molar-refractivity contribution in [1.29, 1.82) is 0 Å². The molecular weight excluding hydrogens is 208 g/mol. The quantitative estimate of drug-likeness (QED) is 0.621. The highest BCUT2D eigenvalue weighted by molar-refractivity contribution is 4.83. The summed E-state index contributed by atoms with van der Waals surface area (Å²) in [6.45, 7) is 10.7. The molecule has 0 aromatic heterocycles. The minimum atomic E-state index is 0.832. The minimum Gasteiger partial charge on any atom is -0.317 e. The van der Waals surface area contributed by atoms with Gasteiger partial charge in [0, 0.05) is 12.1 Å². The SMILES string of the molecule is CCCNCCCCCN1C(C)CCC1CC. The number of hydrogen-bond donors (Lipinski definition) is 1. The van der Waals surface area contributed by atoms with Crippen molar-refractivity contribution in [3.8, 4) is 0 Å². The van der Waals surface area contributed by atoms with Crippen LogP contribution < -0.4 is 5.32 Å². The van der Waals surface area contributed by atoms with Crippen LogP contribution in [0.5, 0.6) is 0 Å². The lowest BCUT2D eigenvalue weighted by atomic mass is 10.1. The molecule has 1 fully saturated rings. The van der Waals surface area contributed by atoms with E-state index in [1.165, 1.54) is 64.6 Å². The van der Waals surface area contributed by atoms with E-state index in [4.69, 9.17) is 0 Å². The van der Waals surface area contributed by atoms with Crippen LogP contribution in [0.3, 0.4) is 0 Å². The molecule has 102 valence electrons. The normalized spacial score (nSPS) is 25.6. The molecule has 0 aromatic rings. The first-order valence-electron chi connectivity index (χ1n) is 7.76. The zero-order chi connectivity index (χ0) is 12.5. The fraction of sp³-hybridized carbons (Fsp3) is 1.00. The van der Waals surface area contributed by atoms with Gasteiger partial charge >= 0.3 is 0 Å². The molecule has 2 unspecified atom stereocenters. The third-order valence-electron chi connectivity index (χ3n) is 4.12. The average molecular weight is 240 g/mol. The number of nitrogens with one attached hydrogen (secondary N) is 1.